The lowest BCUT2D eigenvalue weighted by molar-refractivity contribution is -0.167. The van der Waals surface area contributed by atoms with E-state index in [0.717, 1.165) is 141 Å². The van der Waals surface area contributed by atoms with Gasteiger partial charge in [-0.2, -0.15) is 0 Å². The molecule has 0 fully saturated rings. The largest absolute Gasteiger partial charge is 0.462 e. The predicted molar refractivity (Wildman–Crippen MR) is 334 cm³/mol. The van der Waals surface area contributed by atoms with Crippen LogP contribution in [0.2, 0.25) is 0 Å². The first-order chi connectivity index (χ1) is 38.0. The highest BCUT2D eigenvalue weighted by atomic mass is 16.6. The Morgan fingerprint density at radius 2 is 0.506 bits per heavy atom. The van der Waals surface area contributed by atoms with E-state index in [9.17, 15) is 14.4 Å². The fraction of sp³-hybridized carbons (Fsp3) is 0.648. The number of hydrogen-bond donors (Lipinski definition) is 0. The van der Waals surface area contributed by atoms with Crippen LogP contribution in [0.4, 0.5) is 0 Å². The quantitative estimate of drug-likeness (QED) is 0.0261. The van der Waals surface area contributed by atoms with Gasteiger partial charge in [0.1, 0.15) is 13.2 Å². The molecule has 0 bridgehead atoms. The van der Waals surface area contributed by atoms with Crippen molar-refractivity contribution < 1.29 is 28.6 Å². The van der Waals surface area contributed by atoms with Gasteiger partial charge in [0.2, 0.25) is 0 Å². The van der Waals surface area contributed by atoms with Crippen LogP contribution in [0.3, 0.4) is 0 Å². The highest BCUT2D eigenvalue weighted by Gasteiger charge is 2.19. The third-order valence-corrected chi connectivity index (χ3v) is 13.1. The van der Waals surface area contributed by atoms with E-state index in [1.54, 1.807) is 0 Å². The van der Waals surface area contributed by atoms with Gasteiger partial charge in [0.25, 0.3) is 0 Å². The highest BCUT2D eigenvalue weighted by Crippen LogP contribution is 2.16. The predicted octanol–water partition coefficient (Wildman–Crippen LogP) is 21.8. The van der Waals surface area contributed by atoms with Crippen LogP contribution in [0.25, 0.3) is 0 Å². The van der Waals surface area contributed by atoms with Crippen molar-refractivity contribution in [1.29, 1.82) is 0 Å². The van der Waals surface area contributed by atoms with Crippen molar-refractivity contribution in [3.63, 3.8) is 0 Å². The number of ether oxygens (including phenoxy) is 3. The van der Waals surface area contributed by atoms with Crippen molar-refractivity contribution in [3.05, 3.63) is 134 Å². The van der Waals surface area contributed by atoms with Gasteiger partial charge in [-0.1, -0.05) is 264 Å². The minimum absolute atomic E-state index is 0.101. The maximum atomic E-state index is 12.9. The number of unbranched alkanes of at least 4 members (excludes halogenated alkanes) is 23. The zero-order valence-electron chi connectivity index (χ0n) is 49.9. The number of allylic oxidation sites excluding steroid dienone is 22. The molecular formula is C71H116O6. The van der Waals surface area contributed by atoms with E-state index >= 15 is 0 Å². The van der Waals surface area contributed by atoms with E-state index in [4.69, 9.17) is 14.2 Å². The van der Waals surface area contributed by atoms with Gasteiger partial charge in [0.15, 0.2) is 6.10 Å². The summed E-state index contributed by atoms with van der Waals surface area (Å²) in [5, 5.41) is 0. The minimum atomic E-state index is -0.809. The van der Waals surface area contributed by atoms with Crippen LogP contribution in [-0.2, 0) is 28.6 Å². The summed E-state index contributed by atoms with van der Waals surface area (Å²) in [5.74, 6) is -0.957. The summed E-state index contributed by atoms with van der Waals surface area (Å²) in [6.45, 7) is 6.30. The van der Waals surface area contributed by atoms with E-state index < -0.39 is 6.10 Å². The number of esters is 3. The van der Waals surface area contributed by atoms with Gasteiger partial charge in [-0.3, -0.25) is 14.4 Å². The van der Waals surface area contributed by atoms with E-state index in [2.05, 4.69) is 154 Å². The lowest BCUT2D eigenvalue weighted by Gasteiger charge is -2.18. The topological polar surface area (TPSA) is 78.9 Å². The molecule has 0 aliphatic heterocycles. The zero-order chi connectivity index (χ0) is 55.7. The monoisotopic (exact) mass is 1060 g/mol. The van der Waals surface area contributed by atoms with Gasteiger partial charge in [-0.15, -0.1) is 0 Å². The molecule has 0 rings (SSSR count). The molecule has 436 valence electrons. The molecule has 0 aliphatic carbocycles. The molecule has 0 heterocycles. The number of rotatable bonds is 56. The van der Waals surface area contributed by atoms with Gasteiger partial charge in [0, 0.05) is 19.3 Å². The Labute approximate surface area is 475 Å². The van der Waals surface area contributed by atoms with Crippen LogP contribution in [0.5, 0.6) is 0 Å². The van der Waals surface area contributed by atoms with Crippen LogP contribution < -0.4 is 0 Å². The van der Waals surface area contributed by atoms with Crippen LogP contribution >= 0.6 is 0 Å². The van der Waals surface area contributed by atoms with Gasteiger partial charge in [-0.05, 0) is 128 Å². The maximum absolute atomic E-state index is 12.9. The summed E-state index contributed by atoms with van der Waals surface area (Å²) < 4.78 is 16.8. The number of carbonyl (C=O) groups is 3. The van der Waals surface area contributed by atoms with Crippen molar-refractivity contribution in [2.45, 2.75) is 284 Å². The number of hydrogen-bond acceptors (Lipinski definition) is 6. The Balaban J connectivity index is 4.25. The first-order valence-corrected chi connectivity index (χ1v) is 31.7. The molecular weight excluding hydrogens is 949 g/mol. The molecule has 0 aromatic carbocycles. The Bertz CT molecular complexity index is 1650. The molecule has 1 atom stereocenters. The summed E-state index contributed by atoms with van der Waals surface area (Å²) in [6, 6.07) is 0. The summed E-state index contributed by atoms with van der Waals surface area (Å²) in [6.07, 6.45) is 90.4. The molecule has 0 N–H and O–H groups in total. The molecule has 6 heteroatoms. The van der Waals surface area contributed by atoms with Gasteiger partial charge in [0.05, 0.1) is 0 Å². The first kappa shape index (κ1) is 72.5. The molecule has 0 saturated carbocycles. The summed E-state index contributed by atoms with van der Waals surface area (Å²) in [4.78, 5) is 38.2. The van der Waals surface area contributed by atoms with Crippen LogP contribution in [0.1, 0.15) is 278 Å². The summed E-state index contributed by atoms with van der Waals surface area (Å²) in [5.41, 5.74) is 0. The Morgan fingerprint density at radius 1 is 0.273 bits per heavy atom. The van der Waals surface area contributed by atoms with Crippen LogP contribution in [0, 0.1) is 0 Å². The molecule has 0 aromatic heterocycles. The zero-order valence-corrected chi connectivity index (χ0v) is 49.9. The molecule has 0 radical (unpaired) electrons. The van der Waals surface area contributed by atoms with E-state index in [-0.39, 0.29) is 37.5 Å². The Morgan fingerprint density at radius 3 is 0.818 bits per heavy atom. The SMILES string of the molecule is CC/C=C\C/C=C\C/C=C\C/C=C\C/C=C\CCCCCCCCCCCCCCCCCC(=O)OCC(COC(=O)CCCCCCC/C=C\C/C=C\CCC)OC(=O)CCCC/C=C\C/C=C\C/C=C\C/C=C\CC. The number of carbonyl (C=O) groups excluding carboxylic acids is 3. The van der Waals surface area contributed by atoms with Gasteiger partial charge in [-0.25, -0.2) is 0 Å². The minimum Gasteiger partial charge on any atom is -0.462 e. The third kappa shape index (κ3) is 62.3. The second kappa shape index (κ2) is 64.1. The van der Waals surface area contributed by atoms with Crippen LogP contribution in [-0.4, -0.2) is 37.2 Å². The highest BCUT2D eigenvalue weighted by molar-refractivity contribution is 5.71. The lowest BCUT2D eigenvalue weighted by atomic mass is 10.0. The van der Waals surface area contributed by atoms with Crippen molar-refractivity contribution in [2.75, 3.05) is 13.2 Å². The average molecular weight is 1070 g/mol. The fourth-order valence-corrected chi connectivity index (χ4v) is 8.44. The standard InChI is InChI=1S/C71H116O6/c1-4-7-10-13-16-19-22-25-27-28-29-30-31-32-33-34-35-36-37-38-39-40-41-42-44-46-49-52-55-58-61-64-70(73)76-67-68(66-75-69(72)63-60-57-54-51-48-45-24-21-18-15-12-9-6-3)77-71(74)65-62-59-56-53-50-47-43-26-23-20-17-14-11-8-5-2/h7-8,10-12,15-17,19-21,24-27,29-30,32-33,43,50,53,68H,4-6,9,13-14,18,22-23,28,31,34-42,44-49,51-52,54-67H2,1-3H3/b10-7-,11-8-,15-12-,19-16-,20-17-,24-21-,27-25-,30-29-,33-32-,43-26-,53-50-. The average Bonchev–Trinajstić information content (AvgIpc) is 3.43. The molecule has 1 unspecified atom stereocenters. The van der Waals surface area contributed by atoms with Crippen molar-refractivity contribution in [1.82, 2.24) is 0 Å². The molecule has 0 aliphatic rings. The second-order valence-electron chi connectivity index (χ2n) is 20.5. The molecule has 0 aromatic rings. The van der Waals surface area contributed by atoms with Crippen molar-refractivity contribution in [3.8, 4) is 0 Å². The molecule has 0 spiro atoms. The van der Waals surface area contributed by atoms with E-state index in [0.29, 0.717) is 19.3 Å². The third-order valence-electron chi connectivity index (χ3n) is 13.1. The summed E-state index contributed by atoms with van der Waals surface area (Å²) >= 11 is 0. The summed E-state index contributed by atoms with van der Waals surface area (Å²) in [7, 11) is 0. The van der Waals surface area contributed by atoms with E-state index in [1.165, 1.54) is 89.9 Å². The van der Waals surface area contributed by atoms with E-state index in [1.807, 2.05) is 0 Å². The van der Waals surface area contributed by atoms with Crippen molar-refractivity contribution >= 4 is 17.9 Å². The lowest BCUT2D eigenvalue weighted by Crippen LogP contribution is -2.30. The smallest absolute Gasteiger partial charge is 0.306 e. The second-order valence-corrected chi connectivity index (χ2v) is 20.5. The first-order valence-electron chi connectivity index (χ1n) is 31.7. The molecule has 0 saturated heterocycles. The molecule has 77 heavy (non-hydrogen) atoms. The normalized spacial score (nSPS) is 13.0. The van der Waals surface area contributed by atoms with Gasteiger partial charge >= 0.3 is 17.9 Å². The Hall–Kier alpha value is -4.45. The molecule has 6 nitrogen and oxygen atoms in total. The maximum Gasteiger partial charge on any atom is 0.306 e. The Kier molecular flexibility index (Phi) is 60.4. The van der Waals surface area contributed by atoms with Crippen LogP contribution in [0.15, 0.2) is 134 Å². The fourth-order valence-electron chi connectivity index (χ4n) is 8.44. The van der Waals surface area contributed by atoms with Crippen molar-refractivity contribution in [2.24, 2.45) is 0 Å². The molecule has 0 amide bonds. The van der Waals surface area contributed by atoms with Gasteiger partial charge < -0.3 is 14.2 Å².